The van der Waals surface area contributed by atoms with Crippen LogP contribution in [0.1, 0.15) is 11.7 Å². The smallest absolute Gasteiger partial charge is 0.446 e. The van der Waals surface area contributed by atoms with E-state index in [1.165, 1.54) is 6.07 Å². The highest BCUT2D eigenvalue weighted by molar-refractivity contribution is 7.81. The van der Waals surface area contributed by atoms with Gasteiger partial charge in [-0.25, -0.2) is 0 Å². The molecule has 0 saturated carbocycles. The first-order valence-electron chi connectivity index (χ1n) is 10.2. The fourth-order valence-corrected chi connectivity index (χ4v) is 4.28. The van der Waals surface area contributed by atoms with Gasteiger partial charge in [0.2, 0.25) is 0 Å². The van der Waals surface area contributed by atoms with E-state index in [-0.39, 0.29) is 11.3 Å². The Morgan fingerprint density at radius 2 is 1.64 bits per heavy atom. The molecule has 8 N–H and O–H groups in total. The lowest BCUT2D eigenvalue weighted by Gasteiger charge is -2.40. The Balaban J connectivity index is 1.97. The molecular formula is C21H20O14S. The summed E-state index contributed by atoms with van der Waals surface area (Å²) >= 11 is 0. The second kappa shape index (κ2) is 9.21. The zero-order chi connectivity index (χ0) is 26.5. The molecule has 0 spiro atoms. The molecular weight excluding hydrogens is 508 g/mol. The number of ether oxygens (including phenoxy) is 1. The van der Waals surface area contributed by atoms with Gasteiger partial charge < -0.3 is 49.1 Å². The first-order chi connectivity index (χ1) is 16.8. The third kappa shape index (κ3) is 4.56. The molecule has 2 heterocycles. The maximum Gasteiger partial charge on any atom is 0.446 e. The fourth-order valence-electron chi connectivity index (χ4n) is 3.91. The Morgan fingerprint density at radius 3 is 2.25 bits per heavy atom. The Morgan fingerprint density at radius 1 is 0.944 bits per heavy atom. The molecule has 1 aromatic heterocycles. The topological polar surface area (TPSA) is 245 Å². The van der Waals surface area contributed by atoms with Crippen LogP contribution in [-0.4, -0.2) is 79.7 Å². The molecule has 5 atom stereocenters. The molecule has 1 aliphatic rings. The molecule has 14 nitrogen and oxygen atoms in total. The molecule has 36 heavy (non-hydrogen) atoms. The first-order valence-corrected chi connectivity index (χ1v) is 11.5. The Hall–Kier alpha value is -3.44. The SMILES string of the molecule is O=c1cc(-c2ccc(O)c(O)c2)oc2cc(OS(=O)(=O)O)c(C3OC(CO)C(O)C(O)C3O)c(O)c12. The van der Waals surface area contributed by atoms with Crippen molar-refractivity contribution in [2.75, 3.05) is 6.61 Å². The third-order valence-corrected chi connectivity index (χ3v) is 6.02. The summed E-state index contributed by atoms with van der Waals surface area (Å²) in [5, 5.41) is 69.7. The Kier molecular flexibility index (Phi) is 6.56. The van der Waals surface area contributed by atoms with Crippen LogP contribution < -0.4 is 9.61 Å². The van der Waals surface area contributed by atoms with E-state index in [0.717, 1.165) is 24.3 Å². The molecule has 15 heteroatoms. The average molecular weight is 528 g/mol. The van der Waals surface area contributed by atoms with Crippen molar-refractivity contribution in [3.63, 3.8) is 0 Å². The van der Waals surface area contributed by atoms with Gasteiger partial charge in [0.05, 0.1) is 12.2 Å². The van der Waals surface area contributed by atoms with Crippen LogP contribution >= 0.6 is 0 Å². The molecule has 5 unspecified atom stereocenters. The maximum atomic E-state index is 12.9. The summed E-state index contributed by atoms with van der Waals surface area (Å²) in [5.41, 5.74) is -1.95. The molecule has 4 rings (SSSR count). The summed E-state index contributed by atoms with van der Waals surface area (Å²) in [5.74, 6) is -3.05. The number of benzene rings is 2. The van der Waals surface area contributed by atoms with E-state index in [0.29, 0.717) is 0 Å². The third-order valence-electron chi connectivity index (χ3n) is 5.63. The largest absolute Gasteiger partial charge is 0.506 e. The van der Waals surface area contributed by atoms with Gasteiger partial charge in [0.25, 0.3) is 0 Å². The van der Waals surface area contributed by atoms with Gasteiger partial charge in [0.1, 0.15) is 53.0 Å². The average Bonchev–Trinajstić information content (AvgIpc) is 2.79. The second-order valence-electron chi connectivity index (χ2n) is 7.95. The van der Waals surface area contributed by atoms with E-state index in [1.54, 1.807) is 0 Å². The van der Waals surface area contributed by atoms with Crippen LogP contribution in [0.15, 0.2) is 39.5 Å². The quantitative estimate of drug-likeness (QED) is 0.150. The zero-order valence-electron chi connectivity index (χ0n) is 17.9. The van der Waals surface area contributed by atoms with Crippen LogP contribution in [0.3, 0.4) is 0 Å². The van der Waals surface area contributed by atoms with Gasteiger partial charge in [0.15, 0.2) is 22.7 Å². The van der Waals surface area contributed by atoms with Crippen LogP contribution in [0.4, 0.5) is 0 Å². The Labute approximate surface area is 201 Å². The van der Waals surface area contributed by atoms with Crippen molar-refractivity contribution < 1.29 is 62.1 Å². The molecule has 0 amide bonds. The van der Waals surface area contributed by atoms with Crippen LogP contribution in [0.5, 0.6) is 23.0 Å². The molecule has 0 bridgehead atoms. The highest BCUT2D eigenvalue weighted by Crippen LogP contribution is 2.45. The standard InChI is InChI=1S/C21H20O14S/c22-6-14-17(26)19(28)20(29)21(34-14)16-13(35-36(30,31)32)5-12-15(18(16)27)10(25)4-11(33-12)7-1-2-8(23)9(24)3-7/h1-5,14,17,19-24,26-29H,6H2,(H,30,31,32). The van der Waals surface area contributed by atoms with Gasteiger partial charge in [-0.3, -0.25) is 9.35 Å². The summed E-state index contributed by atoms with van der Waals surface area (Å²) in [6.45, 7) is -0.852. The lowest BCUT2D eigenvalue weighted by atomic mass is 9.89. The highest BCUT2D eigenvalue weighted by Gasteiger charge is 2.46. The number of phenolic OH excluding ortho intramolecular Hbond substituents is 3. The van der Waals surface area contributed by atoms with Gasteiger partial charge in [0, 0.05) is 17.7 Å². The van der Waals surface area contributed by atoms with Gasteiger partial charge in [-0.15, -0.1) is 0 Å². The van der Waals surface area contributed by atoms with E-state index in [1.807, 2.05) is 0 Å². The van der Waals surface area contributed by atoms with Gasteiger partial charge in [-0.1, -0.05) is 0 Å². The van der Waals surface area contributed by atoms with Crippen molar-refractivity contribution in [3.05, 3.63) is 46.1 Å². The molecule has 0 aliphatic carbocycles. The van der Waals surface area contributed by atoms with E-state index >= 15 is 0 Å². The molecule has 1 aliphatic heterocycles. The maximum absolute atomic E-state index is 12.9. The van der Waals surface area contributed by atoms with Gasteiger partial charge in [-0.05, 0) is 18.2 Å². The van der Waals surface area contributed by atoms with Gasteiger partial charge >= 0.3 is 10.4 Å². The van der Waals surface area contributed by atoms with Crippen LogP contribution in [0, 0.1) is 0 Å². The number of aliphatic hydroxyl groups excluding tert-OH is 4. The number of fused-ring (bicyclic) bond motifs is 1. The van der Waals surface area contributed by atoms with E-state index < -0.39 is 92.5 Å². The van der Waals surface area contributed by atoms with Gasteiger partial charge in [-0.2, -0.15) is 8.42 Å². The van der Waals surface area contributed by atoms with Crippen LogP contribution in [0.2, 0.25) is 0 Å². The molecule has 1 saturated heterocycles. The zero-order valence-corrected chi connectivity index (χ0v) is 18.7. The summed E-state index contributed by atoms with van der Waals surface area (Å²) in [7, 11) is -5.26. The van der Waals surface area contributed by atoms with Crippen molar-refractivity contribution in [2.24, 2.45) is 0 Å². The molecule has 2 aromatic carbocycles. The fraction of sp³-hybridized carbons (Fsp3) is 0.286. The molecule has 3 aromatic rings. The number of hydrogen-bond acceptors (Lipinski definition) is 13. The van der Waals surface area contributed by atoms with E-state index in [4.69, 9.17) is 9.15 Å². The highest BCUT2D eigenvalue weighted by atomic mass is 32.3. The predicted molar refractivity (Wildman–Crippen MR) is 118 cm³/mol. The first kappa shape index (κ1) is 25.6. The van der Waals surface area contributed by atoms with E-state index in [2.05, 4.69) is 4.18 Å². The number of hydrogen-bond donors (Lipinski definition) is 8. The van der Waals surface area contributed by atoms with Crippen molar-refractivity contribution in [3.8, 4) is 34.3 Å². The number of aromatic hydroxyl groups is 3. The van der Waals surface area contributed by atoms with Crippen molar-refractivity contribution >= 4 is 21.4 Å². The normalized spacial score (nSPS) is 24.6. The minimum atomic E-state index is -5.26. The van der Waals surface area contributed by atoms with Crippen LogP contribution in [-0.2, 0) is 15.1 Å². The monoisotopic (exact) mass is 528 g/mol. The second-order valence-corrected chi connectivity index (χ2v) is 8.97. The number of aliphatic hydroxyl groups is 4. The van der Waals surface area contributed by atoms with Crippen LogP contribution in [0.25, 0.3) is 22.3 Å². The van der Waals surface area contributed by atoms with E-state index in [9.17, 15) is 53.5 Å². The summed E-state index contributed by atoms with van der Waals surface area (Å²) in [6, 6.07) is 5.16. The van der Waals surface area contributed by atoms with Crippen molar-refractivity contribution in [2.45, 2.75) is 30.5 Å². The number of phenols is 3. The lowest BCUT2D eigenvalue weighted by molar-refractivity contribution is -0.232. The summed E-state index contributed by atoms with van der Waals surface area (Å²) < 4.78 is 47.7. The molecule has 0 radical (unpaired) electrons. The minimum Gasteiger partial charge on any atom is -0.506 e. The summed E-state index contributed by atoms with van der Waals surface area (Å²) in [4.78, 5) is 12.9. The van der Waals surface area contributed by atoms with Crippen molar-refractivity contribution in [1.82, 2.24) is 0 Å². The summed E-state index contributed by atoms with van der Waals surface area (Å²) in [6.07, 6.45) is -9.06. The van der Waals surface area contributed by atoms with Crippen molar-refractivity contribution in [1.29, 1.82) is 0 Å². The molecule has 194 valence electrons. The predicted octanol–water partition coefficient (Wildman–Crippen LogP) is -0.727. The lowest BCUT2D eigenvalue weighted by Crippen LogP contribution is -2.55. The molecule has 1 fully saturated rings. The number of rotatable bonds is 5. The minimum absolute atomic E-state index is 0.110. The Bertz CT molecular complexity index is 1480.